The van der Waals surface area contributed by atoms with Crippen molar-refractivity contribution in [3.8, 4) is 0 Å². The number of nitrogens with one attached hydrogen (secondary N) is 1. The molecule has 0 atom stereocenters. The molecule has 1 fully saturated rings. The van der Waals surface area contributed by atoms with Crippen LogP contribution in [0.5, 0.6) is 0 Å². The van der Waals surface area contributed by atoms with Crippen molar-refractivity contribution in [1.29, 1.82) is 0 Å². The highest BCUT2D eigenvalue weighted by Crippen LogP contribution is 2.27. The summed E-state index contributed by atoms with van der Waals surface area (Å²) in [4.78, 5) is 23.4. The SMILES string of the molecule is Cn1ncc([N+](=O)[O-])c1N1CCNC(=O)CC1. The second-order valence-electron chi connectivity index (χ2n) is 3.82. The lowest BCUT2D eigenvalue weighted by molar-refractivity contribution is -0.384. The van der Waals surface area contributed by atoms with Gasteiger partial charge in [0.25, 0.3) is 0 Å². The molecule has 0 aromatic carbocycles. The van der Waals surface area contributed by atoms with Gasteiger partial charge < -0.3 is 10.2 Å². The average molecular weight is 239 g/mol. The Bertz CT molecular complexity index is 455. The van der Waals surface area contributed by atoms with E-state index < -0.39 is 4.92 Å². The Morgan fingerprint density at radius 3 is 3.00 bits per heavy atom. The molecule has 1 aromatic rings. The summed E-state index contributed by atoms with van der Waals surface area (Å²) in [6, 6.07) is 0. The van der Waals surface area contributed by atoms with Crippen LogP contribution in [0, 0.1) is 10.1 Å². The molecule has 1 aliphatic heterocycles. The van der Waals surface area contributed by atoms with Crippen molar-refractivity contribution in [2.45, 2.75) is 6.42 Å². The molecule has 0 unspecified atom stereocenters. The molecule has 1 aromatic heterocycles. The molecule has 17 heavy (non-hydrogen) atoms. The molecular formula is C9H13N5O3. The summed E-state index contributed by atoms with van der Waals surface area (Å²) in [5, 5.41) is 17.5. The number of hydrogen-bond donors (Lipinski definition) is 1. The highest BCUT2D eigenvalue weighted by Gasteiger charge is 2.26. The maximum Gasteiger partial charge on any atom is 0.331 e. The van der Waals surface area contributed by atoms with E-state index >= 15 is 0 Å². The number of aryl methyl sites for hydroxylation is 1. The van der Waals surface area contributed by atoms with Crippen LogP contribution < -0.4 is 10.2 Å². The van der Waals surface area contributed by atoms with E-state index in [-0.39, 0.29) is 11.6 Å². The first-order valence-corrected chi connectivity index (χ1v) is 5.27. The predicted molar refractivity (Wildman–Crippen MR) is 59.7 cm³/mol. The third kappa shape index (κ3) is 2.19. The maximum atomic E-state index is 11.2. The van der Waals surface area contributed by atoms with Gasteiger partial charge in [0.1, 0.15) is 6.20 Å². The first kappa shape index (κ1) is 11.4. The minimum atomic E-state index is -0.456. The van der Waals surface area contributed by atoms with Crippen LogP contribution in [0.2, 0.25) is 0 Å². The highest BCUT2D eigenvalue weighted by molar-refractivity contribution is 5.77. The summed E-state index contributed by atoms with van der Waals surface area (Å²) >= 11 is 0. The van der Waals surface area contributed by atoms with E-state index in [1.807, 2.05) is 4.90 Å². The van der Waals surface area contributed by atoms with Crippen LogP contribution in [-0.2, 0) is 11.8 Å². The van der Waals surface area contributed by atoms with Gasteiger partial charge in [-0.1, -0.05) is 0 Å². The number of aromatic nitrogens is 2. The molecule has 2 rings (SSSR count). The van der Waals surface area contributed by atoms with Crippen molar-refractivity contribution in [3.63, 3.8) is 0 Å². The Morgan fingerprint density at radius 2 is 2.29 bits per heavy atom. The molecule has 8 nitrogen and oxygen atoms in total. The first-order valence-electron chi connectivity index (χ1n) is 5.27. The maximum absolute atomic E-state index is 11.2. The Labute approximate surface area is 97.3 Å². The number of carbonyl (C=O) groups is 1. The van der Waals surface area contributed by atoms with Gasteiger partial charge in [0, 0.05) is 33.1 Å². The van der Waals surface area contributed by atoms with Crippen LogP contribution in [0.25, 0.3) is 0 Å². The zero-order valence-corrected chi connectivity index (χ0v) is 9.42. The second kappa shape index (κ2) is 4.40. The van der Waals surface area contributed by atoms with Crippen molar-refractivity contribution < 1.29 is 9.72 Å². The van der Waals surface area contributed by atoms with Crippen LogP contribution in [-0.4, -0.2) is 40.2 Å². The van der Waals surface area contributed by atoms with Gasteiger partial charge in [-0.15, -0.1) is 0 Å². The summed E-state index contributed by atoms with van der Waals surface area (Å²) in [6.07, 6.45) is 1.57. The van der Waals surface area contributed by atoms with Gasteiger partial charge in [-0.05, 0) is 0 Å². The van der Waals surface area contributed by atoms with E-state index in [0.29, 0.717) is 31.9 Å². The number of carbonyl (C=O) groups excluding carboxylic acids is 1. The lowest BCUT2D eigenvalue weighted by Crippen LogP contribution is -2.30. The third-order valence-electron chi connectivity index (χ3n) is 2.70. The molecule has 0 aliphatic carbocycles. The molecule has 1 amide bonds. The van der Waals surface area contributed by atoms with Gasteiger partial charge in [0.05, 0.1) is 4.92 Å². The standard InChI is InChI=1S/C9H13N5O3/c1-12-9(7(6-11-12)14(16)17)13-4-2-8(15)10-3-5-13/h6H,2-5H2,1H3,(H,10,15). The minimum absolute atomic E-state index is 0.0261. The Hall–Kier alpha value is -2.12. The Kier molecular flexibility index (Phi) is 2.94. The van der Waals surface area contributed by atoms with E-state index in [2.05, 4.69) is 10.4 Å². The molecule has 0 bridgehead atoms. The number of hydrogen-bond acceptors (Lipinski definition) is 5. The molecule has 92 valence electrons. The van der Waals surface area contributed by atoms with Crippen LogP contribution in [0.1, 0.15) is 6.42 Å². The molecule has 1 aliphatic rings. The third-order valence-corrected chi connectivity index (χ3v) is 2.70. The van der Waals surface area contributed by atoms with E-state index in [1.165, 1.54) is 10.9 Å². The van der Waals surface area contributed by atoms with Crippen LogP contribution in [0.15, 0.2) is 6.20 Å². The molecule has 0 saturated carbocycles. The highest BCUT2D eigenvalue weighted by atomic mass is 16.6. The molecule has 1 saturated heterocycles. The van der Waals surface area contributed by atoms with Crippen LogP contribution in [0.4, 0.5) is 11.5 Å². The van der Waals surface area contributed by atoms with Gasteiger partial charge in [-0.25, -0.2) is 4.68 Å². The average Bonchev–Trinajstić information content (AvgIpc) is 2.52. The van der Waals surface area contributed by atoms with Crippen molar-refractivity contribution >= 4 is 17.4 Å². The predicted octanol–water partition coefficient (Wildman–Crippen LogP) is -0.345. The fourth-order valence-corrected chi connectivity index (χ4v) is 1.89. The quantitative estimate of drug-likeness (QED) is 0.562. The summed E-state index contributed by atoms with van der Waals surface area (Å²) in [5.74, 6) is 0.420. The summed E-state index contributed by atoms with van der Waals surface area (Å²) in [6.45, 7) is 1.50. The molecule has 0 radical (unpaired) electrons. The number of rotatable bonds is 2. The summed E-state index contributed by atoms with van der Waals surface area (Å²) in [7, 11) is 1.66. The number of nitrogens with zero attached hydrogens (tertiary/aromatic N) is 4. The van der Waals surface area contributed by atoms with Gasteiger partial charge in [-0.3, -0.25) is 14.9 Å². The Balaban J connectivity index is 2.29. The zero-order chi connectivity index (χ0) is 12.4. The minimum Gasteiger partial charge on any atom is -0.354 e. The fraction of sp³-hybridized carbons (Fsp3) is 0.556. The molecule has 0 spiro atoms. The number of anilines is 1. The van der Waals surface area contributed by atoms with Crippen LogP contribution in [0.3, 0.4) is 0 Å². The van der Waals surface area contributed by atoms with E-state index in [1.54, 1.807) is 7.05 Å². The lowest BCUT2D eigenvalue weighted by atomic mass is 10.3. The summed E-state index contributed by atoms with van der Waals surface area (Å²) < 4.78 is 1.47. The normalized spacial score (nSPS) is 16.5. The number of nitro groups is 1. The largest absolute Gasteiger partial charge is 0.354 e. The van der Waals surface area contributed by atoms with Gasteiger partial charge in [-0.2, -0.15) is 5.10 Å². The topological polar surface area (TPSA) is 93.3 Å². The monoisotopic (exact) mass is 239 g/mol. The molecule has 1 N–H and O–H groups in total. The fourth-order valence-electron chi connectivity index (χ4n) is 1.89. The lowest BCUT2D eigenvalue weighted by Gasteiger charge is -2.20. The second-order valence-corrected chi connectivity index (χ2v) is 3.82. The summed E-state index contributed by atoms with van der Waals surface area (Å²) in [5.41, 5.74) is -0.0261. The number of amides is 1. The Morgan fingerprint density at radius 1 is 1.53 bits per heavy atom. The van der Waals surface area contributed by atoms with Crippen molar-refractivity contribution in [2.75, 3.05) is 24.5 Å². The van der Waals surface area contributed by atoms with Crippen molar-refractivity contribution in [1.82, 2.24) is 15.1 Å². The van der Waals surface area contributed by atoms with E-state index in [0.717, 1.165) is 0 Å². The van der Waals surface area contributed by atoms with Crippen molar-refractivity contribution in [3.05, 3.63) is 16.3 Å². The van der Waals surface area contributed by atoms with Crippen LogP contribution >= 0.6 is 0 Å². The van der Waals surface area contributed by atoms with Gasteiger partial charge >= 0.3 is 5.69 Å². The first-order chi connectivity index (χ1) is 8.09. The molecular weight excluding hydrogens is 226 g/mol. The van der Waals surface area contributed by atoms with E-state index in [9.17, 15) is 14.9 Å². The molecule has 2 heterocycles. The van der Waals surface area contributed by atoms with E-state index in [4.69, 9.17) is 0 Å². The van der Waals surface area contributed by atoms with Gasteiger partial charge in [0.15, 0.2) is 0 Å². The van der Waals surface area contributed by atoms with Crippen molar-refractivity contribution in [2.24, 2.45) is 7.05 Å². The molecule has 8 heteroatoms. The smallest absolute Gasteiger partial charge is 0.331 e. The zero-order valence-electron chi connectivity index (χ0n) is 9.42. The van der Waals surface area contributed by atoms with Gasteiger partial charge in [0.2, 0.25) is 11.7 Å².